The van der Waals surface area contributed by atoms with Crippen molar-refractivity contribution in [2.75, 3.05) is 0 Å². The van der Waals surface area contributed by atoms with Crippen molar-refractivity contribution in [2.24, 2.45) is 5.10 Å². The minimum absolute atomic E-state index is 0.197. The smallest absolute Gasteiger partial charge is 0.163 e. The molecule has 0 saturated heterocycles. The summed E-state index contributed by atoms with van der Waals surface area (Å²) in [5.41, 5.74) is 7.63. The molecule has 0 fully saturated rings. The van der Waals surface area contributed by atoms with E-state index in [1.54, 1.807) is 23.4 Å². The highest BCUT2D eigenvalue weighted by Crippen LogP contribution is 2.40. The van der Waals surface area contributed by atoms with Gasteiger partial charge in [-0.25, -0.2) is 4.68 Å². The Morgan fingerprint density at radius 3 is 2.48 bits per heavy atom. The van der Waals surface area contributed by atoms with E-state index in [0.29, 0.717) is 11.4 Å². The van der Waals surface area contributed by atoms with Crippen molar-refractivity contribution in [3.05, 3.63) is 77.1 Å². The molecule has 0 unspecified atom stereocenters. The van der Waals surface area contributed by atoms with Crippen molar-refractivity contribution in [3.63, 3.8) is 0 Å². The fraction of sp³-hybridized carbons (Fsp3) is 0.158. The average molecular weight is 350 g/mol. The first-order valence-corrected chi connectivity index (χ1v) is 8.92. The molecule has 3 aromatic rings. The molecule has 6 heteroatoms. The fourth-order valence-corrected chi connectivity index (χ4v) is 3.79. The van der Waals surface area contributed by atoms with Crippen LogP contribution in [0.15, 0.2) is 59.7 Å². The number of benzene rings is 2. The van der Waals surface area contributed by atoms with Gasteiger partial charge in [0.1, 0.15) is 21.8 Å². The highest BCUT2D eigenvalue weighted by atomic mass is 32.2. The Balaban J connectivity index is 1.67. The molecule has 0 saturated carbocycles. The Morgan fingerprint density at radius 2 is 1.76 bits per heavy atom. The van der Waals surface area contributed by atoms with E-state index in [2.05, 4.69) is 46.8 Å². The minimum atomic E-state index is -0.197. The number of para-hydroxylation sites is 1. The predicted octanol–water partition coefficient (Wildman–Crippen LogP) is 3.89. The lowest BCUT2D eigenvalue weighted by molar-refractivity contribution is 0.459. The van der Waals surface area contributed by atoms with Crippen LogP contribution in [0, 0.1) is 13.8 Å². The Morgan fingerprint density at radius 1 is 1.04 bits per heavy atom. The van der Waals surface area contributed by atoms with Gasteiger partial charge in [0.2, 0.25) is 0 Å². The zero-order valence-corrected chi connectivity index (χ0v) is 14.8. The molecule has 1 aliphatic heterocycles. The molecule has 2 heterocycles. The van der Waals surface area contributed by atoms with Crippen LogP contribution in [-0.4, -0.2) is 19.9 Å². The van der Waals surface area contributed by atoms with Crippen LogP contribution in [0.3, 0.4) is 0 Å². The van der Waals surface area contributed by atoms with Gasteiger partial charge in [-0.3, -0.25) is 5.43 Å². The Labute approximate surface area is 150 Å². The van der Waals surface area contributed by atoms with Gasteiger partial charge < -0.3 is 5.11 Å². The summed E-state index contributed by atoms with van der Waals surface area (Å²) in [5, 5.41) is 20.2. The van der Waals surface area contributed by atoms with Crippen molar-refractivity contribution < 1.29 is 5.11 Å². The third-order valence-corrected chi connectivity index (χ3v) is 5.24. The number of hydrazone groups is 1. The molecular weight excluding hydrogens is 332 g/mol. The monoisotopic (exact) mass is 350 g/mol. The van der Waals surface area contributed by atoms with Crippen LogP contribution < -0.4 is 5.43 Å². The standard InChI is InChI=1S/C19H18N4OS/c1-12-8-10-14(11-9-12)18-20-21-19(25-18)16-17(24)13(2)22-23(16)15-6-4-3-5-7-15/h3-11,19,21,24H,1-2H3/t19-/m0/s1. The van der Waals surface area contributed by atoms with Gasteiger partial charge in [0, 0.05) is 5.56 Å². The van der Waals surface area contributed by atoms with Gasteiger partial charge in [0.15, 0.2) is 5.75 Å². The van der Waals surface area contributed by atoms with E-state index in [0.717, 1.165) is 16.3 Å². The largest absolute Gasteiger partial charge is 0.504 e. The predicted molar refractivity (Wildman–Crippen MR) is 101 cm³/mol. The van der Waals surface area contributed by atoms with Gasteiger partial charge in [-0.15, -0.1) is 0 Å². The highest BCUT2D eigenvalue weighted by molar-refractivity contribution is 8.14. The summed E-state index contributed by atoms with van der Waals surface area (Å²) in [6.07, 6.45) is 0. The number of aromatic hydroxyl groups is 1. The summed E-state index contributed by atoms with van der Waals surface area (Å²) < 4.78 is 1.78. The third-order valence-electron chi connectivity index (χ3n) is 4.12. The van der Waals surface area contributed by atoms with Gasteiger partial charge in [0.25, 0.3) is 0 Å². The van der Waals surface area contributed by atoms with Crippen LogP contribution in [-0.2, 0) is 0 Å². The van der Waals surface area contributed by atoms with Crippen LogP contribution >= 0.6 is 11.8 Å². The molecule has 1 aliphatic rings. The Hall–Kier alpha value is -2.73. The van der Waals surface area contributed by atoms with Gasteiger partial charge in [-0.05, 0) is 26.0 Å². The molecule has 0 spiro atoms. The van der Waals surface area contributed by atoms with E-state index < -0.39 is 0 Å². The van der Waals surface area contributed by atoms with E-state index in [1.807, 2.05) is 30.3 Å². The lowest BCUT2D eigenvalue weighted by Crippen LogP contribution is -2.13. The molecule has 1 aromatic heterocycles. The second-order valence-corrected chi connectivity index (χ2v) is 7.07. The Kier molecular flexibility index (Phi) is 3.97. The van der Waals surface area contributed by atoms with Gasteiger partial charge in [0.05, 0.1) is 5.69 Å². The molecule has 1 atom stereocenters. The number of hydrogen-bond donors (Lipinski definition) is 2. The maximum atomic E-state index is 10.5. The van der Waals surface area contributed by atoms with E-state index in [1.165, 1.54) is 5.56 Å². The van der Waals surface area contributed by atoms with E-state index in [9.17, 15) is 5.11 Å². The van der Waals surface area contributed by atoms with Crippen molar-refractivity contribution in [2.45, 2.75) is 19.2 Å². The SMILES string of the molecule is Cc1ccc(C2=NN[C@H](c3c(O)c(C)nn3-c3ccccc3)S2)cc1. The maximum absolute atomic E-state index is 10.5. The van der Waals surface area contributed by atoms with E-state index in [-0.39, 0.29) is 11.1 Å². The fourth-order valence-electron chi connectivity index (χ4n) is 2.77. The first kappa shape index (κ1) is 15.8. The summed E-state index contributed by atoms with van der Waals surface area (Å²) in [5.74, 6) is 0.203. The first-order chi connectivity index (χ1) is 12.1. The molecule has 25 heavy (non-hydrogen) atoms. The van der Waals surface area contributed by atoms with E-state index >= 15 is 0 Å². The van der Waals surface area contributed by atoms with Crippen molar-refractivity contribution in [1.82, 2.24) is 15.2 Å². The molecule has 2 N–H and O–H groups in total. The lowest BCUT2D eigenvalue weighted by Gasteiger charge is -2.13. The number of nitrogens with zero attached hydrogens (tertiary/aromatic N) is 3. The maximum Gasteiger partial charge on any atom is 0.163 e. The first-order valence-electron chi connectivity index (χ1n) is 8.04. The topological polar surface area (TPSA) is 62.4 Å². The number of hydrogen-bond acceptors (Lipinski definition) is 5. The summed E-state index contributed by atoms with van der Waals surface area (Å²) in [4.78, 5) is 0. The van der Waals surface area contributed by atoms with Crippen molar-refractivity contribution >= 4 is 16.8 Å². The molecule has 126 valence electrons. The summed E-state index contributed by atoms with van der Waals surface area (Å²) in [6.45, 7) is 3.87. The van der Waals surface area contributed by atoms with Gasteiger partial charge >= 0.3 is 0 Å². The third kappa shape index (κ3) is 2.89. The number of aryl methyl sites for hydroxylation is 2. The zero-order chi connectivity index (χ0) is 17.4. The molecule has 2 aromatic carbocycles. The van der Waals surface area contributed by atoms with E-state index in [4.69, 9.17) is 0 Å². The molecule has 0 amide bonds. The molecule has 0 bridgehead atoms. The molecular formula is C19H18N4OS. The van der Waals surface area contributed by atoms with Gasteiger partial charge in [-0.1, -0.05) is 59.8 Å². The van der Waals surface area contributed by atoms with Crippen LogP contribution in [0.1, 0.15) is 27.9 Å². The molecule has 0 aliphatic carbocycles. The number of thioether (sulfide) groups is 1. The number of aromatic nitrogens is 2. The lowest BCUT2D eigenvalue weighted by atomic mass is 10.2. The summed E-state index contributed by atoms with van der Waals surface area (Å²) >= 11 is 1.58. The minimum Gasteiger partial charge on any atom is -0.504 e. The van der Waals surface area contributed by atoms with Gasteiger partial charge in [-0.2, -0.15) is 10.2 Å². The van der Waals surface area contributed by atoms with Crippen LogP contribution in [0.25, 0.3) is 5.69 Å². The van der Waals surface area contributed by atoms with Crippen LogP contribution in [0.5, 0.6) is 5.75 Å². The molecule has 4 rings (SSSR count). The highest BCUT2D eigenvalue weighted by Gasteiger charge is 2.30. The normalized spacial score (nSPS) is 16.6. The Bertz CT molecular complexity index is 932. The zero-order valence-electron chi connectivity index (χ0n) is 14.0. The summed E-state index contributed by atoms with van der Waals surface area (Å²) in [7, 11) is 0. The average Bonchev–Trinajstić information content (AvgIpc) is 3.22. The number of rotatable bonds is 3. The van der Waals surface area contributed by atoms with Crippen LogP contribution in [0.2, 0.25) is 0 Å². The second-order valence-electron chi connectivity index (χ2n) is 5.98. The number of nitrogens with one attached hydrogen (secondary N) is 1. The van der Waals surface area contributed by atoms with Crippen LogP contribution in [0.4, 0.5) is 0 Å². The van der Waals surface area contributed by atoms with Crippen molar-refractivity contribution in [3.8, 4) is 11.4 Å². The van der Waals surface area contributed by atoms with Crippen molar-refractivity contribution in [1.29, 1.82) is 0 Å². The molecule has 5 nitrogen and oxygen atoms in total. The summed E-state index contributed by atoms with van der Waals surface area (Å²) in [6, 6.07) is 18.1. The molecule has 0 radical (unpaired) electrons. The second kappa shape index (κ2) is 6.29. The quantitative estimate of drug-likeness (QED) is 0.752.